The number of rotatable bonds is 8. The van der Waals surface area contributed by atoms with Crippen LogP contribution in [0.5, 0.6) is 0 Å². The summed E-state index contributed by atoms with van der Waals surface area (Å²) in [5.41, 5.74) is 0. The number of carbonyl (C=O) groups excluding carboxylic acids is 2. The Morgan fingerprint density at radius 1 is 0.882 bits per heavy atom. The minimum atomic E-state index is -0.140. The zero-order valence-corrected chi connectivity index (χ0v) is 11.1. The smallest absolute Gasteiger partial charge is 0.224 e. The summed E-state index contributed by atoms with van der Waals surface area (Å²) in [6.07, 6.45) is 0.486. The molecule has 0 atom stereocenters. The maximum Gasteiger partial charge on any atom is 0.224 e. The molecule has 0 aliphatic heterocycles. The van der Waals surface area contributed by atoms with Gasteiger partial charge in [-0.15, -0.1) is 0 Å². The lowest BCUT2D eigenvalue weighted by Gasteiger charge is -2.23. The highest BCUT2D eigenvalue weighted by Gasteiger charge is 2.14. The molecule has 0 aromatic heterocycles. The van der Waals surface area contributed by atoms with Gasteiger partial charge in [0.25, 0.3) is 0 Å². The monoisotopic (exact) mass is 244 g/mol. The van der Waals surface area contributed by atoms with Gasteiger partial charge >= 0.3 is 0 Å². The molecule has 100 valence electrons. The van der Waals surface area contributed by atoms with Crippen LogP contribution in [-0.4, -0.2) is 59.5 Å². The molecule has 0 radical (unpaired) electrons. The van der Waals surface area contributed by atoms with Crippen LogP contribution in [0.15, 0.2) is 0 Å². The lowest BCUT2D eigenvalue weighted by Crippen LogP contribution is -2.37. The molecule has 1 N–H and O–H groups in total. The molecule has 0 unspecified atom stereocenters. The summed E-state index contributed by atoms with van der Waals surface area (Å²) in [5, 5.41) is 8.70. The van der Waals surface area contributed by atoms with Gasteiger partial charge in [0, 0.05) is 39.0 Å². The number of aliphatic hydroxyl groups excluding tert-OH is 1. The average molecular weight is 244 g/mol. The number of nitrogens with zero attached hydrogens (tertiary/aromatic N) is 2. The van der Waals surface area contributed by atoms with Gasteiger partial charge in [0.05, 0.1) is 6.61 Å². The van der Waals surface area contributed by atoms with E-state index < -0.39 is 0 Å². The van der Waals surface area contributed by atoms with Crippen LogP contribution in [0.4, 0.5) is 0 Å². The molecule has 2 amide bonds. The molecule has 17 heavy (non-hydrogen) atoms. The van der Waals surface area contributed by atoms with E-state index in [0.29, 0.717) is 32.6 Å². The third kappa shape index (κ3) is 5.68. The second kappa shape index (κ2) is 8.98. The van der Waals surface area contributed by atoms with E-state index in [0.717, 1.165) is 0 Å². The Morgan fingerprint density at radius 2 is 1.35 bits per heavy atom. The van der Waals surface area contributed by atoms with Crippen molar-refractivity contribution >= 4 is 11.8 Å². The standard InChI is InChI=1S/C12H24N2O3/c1-4-13(5-2)11(16)7-9-14(6-3)12(17)8-10-15/h15H,4-10H2,1-3H3. The van der Waals surface area contributed by atoms with Crippen molar-refractivity contribution in [2.75, 3.05) is 32.8 Å². The van der Waals surface area contributed by atoms with Crippen LogP contribution in [-0.2, 0) is 9.59 Å². The van der Waals surface area contributed by atoms with Gasteiger partial charge in [0.2, 0.25) is 11.8 Å². The first-order valence-corrected chi connectivity index (χ1v) is 6.27. The van der Waals surface area contributed by atoms with Gasteiger partial charge in [-0.1, -0.05) is 0 Å². The number of hydrogen-bond acceptors (Lipinski definition) is 3. The molecule has 0 rings (SSSR count). The maximum absolute atomic E-state index is 11.7. The topological polar surface area (TPSA) is 60.9 Å². The first-order valence-electron chi connectivity index (χ1n) is 6.27. The molecule has 0 aliphatic rings. The number of carbonyl (C=O) groups is 2. The third-order valence-corrected chi connectivity index (χ3v) is 2.77. The summed E-state index contributed by atoms with van der Waals surface area (Å²) >= 11 is 0. The summed E-state index contributed by atoms with van der Waals surface area (Å²) in [6.45, 7) is 8.02. The molecular weight excluding hydrogens is 220 g/mol. The van der Waals surface area contributed by atoms with Gasteiger partial charge in [0.1, 0.15) is 0 Å². The van der Waals surface area contributed by atoms with E-state index in [-0.39, 0.29) is 24.8 Å². The van der Waals surface area contributed by atoms with Crippen LogP contribution in [0.25, 0.3) is 0 Å². The third-order valence-electron chi connectivity index (χ3n) is 2.77. The lowest BCUT2D eigenvalue weighted by molar-refractivity contribution is -0.134. The molecule has 0 aromatic carbocycles. The van der Waals surface area contributed by atoms with Gasteiger partial charge in [-0.2, -0.15) is 0 Å². The minimum absolute atomic E-state index is 0.0743. The SMILES string of the molecule is CCN(CC)C(=O)CCN(CC)C(=O)CCO. The van der Waals surface area contributed by atoms with E-state index in [4.69, 9.17) is 5.11 Å². The molecule has 0 aliphatic carbocycles. The van der Waals surface area contributed by atoms with Crippen molar-refractivity contribution in [1.29, 1.82) is 0 Å². The van der Waals surface area contributed by atoms with E-state index in [9.17, 15) is 9.59 Å². The van der Waals surface area contributed by atoms with E-state index in [2.05, 4.69) is 0 Å². The van der Waals surface area contributed by atoms with Gasteiger partial charge in [0.15, 0.2) is 0 Å². The fraction of sp³-hybridized carbons (Fsp3) is 0.833. The van der Waals surface area contributed by atoms with Crippen LogP contribution >= 0.6 is 0 Å². The first kappa shape index (κ1) is 15.9. The summed E-state index contributed by atoms with van der Waals surface area (Å²) in [5.74, 6) is -0.0207. The molecule has 0 aromatic rings. The van der Waals surface area contributed by atoms with Crippen molar-refractivity contribution in [1.82, 2.24) is 9.80 Å². The Bertz CT molecular complexity index is 240. The van der Waals surface area contributed by atoms with Gasteiger partial charge < -0.3 is 14.9 Å². The number of aliphatic hydroxyl groups is 1. The molecular formula is C12H24N2O3. The fourth-order valence-corrected chi connectivity index (χ4v) is 1.68. The number of hydrogen-bond donors (Lipinski definition) is 1. The van der Waals surface area contributed by atoms with Crippen LogP contribution in [0.3, 0.4) is 0 Å². The zero-order valence-electron chi connectivity index (χ0n) is 11.1. The molecule has 0 saturated heterocycles. The highest BCUT2D eigenvalue weighted by atomic mass is 16.3. The molecule has 0 heterocycles. The zero-order chi connectivity index (χ0) is 13.3. The predicted molar refractivity (Wildman–Crippen MR) is 66.5 cm³/mol. The lowest BCUT2D eigenvalue weighted by atomic mass is 10.3. The van der Waals surface area contributed by atoms with Crippen molar-refractivity contribution in [3.8, 4) is 0 Å². The minimum Gasteiger partial charge on any atom is -0.396 e. The molecule has 0 bridgehead atoms. The largest absolute Gasteiger partial charge is 0.396 e. The second-order valence-corrected chi connectivity index (χ2v) is 3.76. The van der Waals surface area contributed by atoms with Gasteiger partial charge in [-0.05, 0) is 20.8 Å². The van der Waals surface area contributed by atoms with Crippen LogP contribution in [0, 0.1) is 0 Å². The van der Waals surface area contributed by atoms with Crippen LogP contribution in [0.1, 0.15) is 33.6 Å². The second-order valence-electron chi connectivity index (χ2n) is 3.76. The van der Waals surface area contributed by atoms with E-state index in [1.165, 1.54) is 0 Å². The fourth-order valence-electron chi connectivity index (χ4n) is 1.68. The van der Waals surface area contributed by atoms with E-state index >= 15 is 0 Å². The normalized spacial score (nSPS) is 10.1. The Hall–Kier alpha value is -1.10. The highest BCUT2D eigenvalue weighted by molar-refractivity contribution is 5.79. The summed E-state index contributed by atoms with van der Waals surface area (Å²) in [4.78, 5) is 26.6. The predicted octanol–water partition coefficient (Wildman–Crippen LogP) is 0.476. The van der Waals surface area contributed by atoms with E-state index in [1.54, 1.807) is 9.80 Å². The van der Waals surface area contributed by atoms with Crippen LogP contribution < -0.4 is 0 Å². The molecule has 0 spiro atoms. The molecule has 0 saturated carbocycles. The molecule has 0 fully saturated rings. The summed E-state index contributed by atoms with van der Waals surface area (Å²) < 4.78 is 0. The summed E-state index contributed by atoms with van der Waals surface area (Å²) in [7, 11) is 0. The van der Waals surface area contributed by atoms with Crippen LogP contribution in [0.2, 0.25) is 0 Å². The molecule has 5 heteroatoms. The quantitative estimate of drug-likeness (QED) is 0.675. The highest BCUT2D eigenvalue weighted by Crippen LogP contribution is 2.00. The Morgan fingerprint density at radius 3 is 1.76 bits per heavy atom. The van der Waals surface area contributed by atoms with Gasteiger partial charge in [-0.3, -0.25) is 9.59 Å². The Labute approximate surface area is 103 Å². The van der Waals surface area contributed by atoms with Crippen molar-refractivity contribution in [3.63, 3.8) is 0 Å². The van der Waals surface area contributed by atoms with E-state index in [1.807, 2.05) is 20.8 Å². The van der Waals surface area contributed by atoms with Crippen molar-refractivity contribution < 1.29 is 14.7 Å². The molecule has 5 nitrogen and oxygen atoms in total. The van der Waals surface area contributed by atoms with Gasteiger partial charge in [-0.25, -0.2) is 0 Å². The van der Waals surface area contributed by atoms with Crippen molar-refractivity contribution in [2.24, 2.45) is 0 Å². The first-order chi connectivity index (χ1) is 8.10. The van der Waals surface area contributed by atoms with Crippen molar-refractivity contribution in [2.45, 2.75) is 33.6 Å². The van der Waals surface area contributed by atoms with Crippen molar-refractivity contribution in [3.05, 3.63) is 0 Å². The maximum atomic E-state index is 11.7. The Balaban J connectivity index is 4.14. The average Bonchev–Trinajstić information content (AvgIpc) is 2.31. The Kier molecular flexibility index (Phi) is 8.40. The summed E-state index contributed by atoms with van der Waals surface area (Å²) in [6, 6.07) is 0. The number of amides is 2.